The first-order chi connectivity index (χ1) is 12.1. The van der Waals surface area contributed by atoms with E-state index in [-0.39, 0.29) is 5.91 Å². The Labute approximate surface area is 160 Å². The van der Waals surface area contributed by atoms with Crippen LogP contribution in [0.15, 0.2) is 34.1 Å². The van der Waals surface area contributed by atoms with E-state index in [1.807, 2.05) is 4.90 Å². The predicted octanol–water partition coefficient (Wildman–Crippen LogP) is 3.49. The van der Waals surface area contributed by atoms with Gasteiger partial charge in [-0.15, -0.1) is 11.3 Å². The lowest BCUT2D eigenvalue weighted by molar-refractivity contribution is 0.0629. The van der Waals surface area contributed by atoms with Gasteiger partial charge in [-0.1, -0.05) is 0 Å². The Balaban J connectivity index is 1.59. The first kappa shape index (κ1) is 18.2. The Morgan fingerprint density at radius 3 is 2.40 bits per heavy atom. The van der Waals surface area contributed by atoms with Gasteiger partial charge in [0.25, 0.3) is 5.91 Å². The molecule has 1 saturated heterocycles. The second kappa shape index (κ2) is 8.21. The lowest BCUT2D eigenvalue weighted by atomic mass is 10.1. The molecule has 25 heavy (non-hydrogen) atoms. The Bertz CT molecular complexity index is 742. The number of hydrogen-bond acceptors (Lipinski definition) is 5. The molecule has 0 unspecified atom stereocenters. The zero-order valence-corrected chi connectivity index (χ0v) is 16.7. The van der Waals surface area contributed by atoms with Gasteiger partial charge in [-0.3, -0.25) is 9.69 Å². The predicted molar refractivity (Wildman–Crippen MR) is 103 cm³/mol. The molecule has 0 N–H and O–H groups in total. The van der Waals surface area contributed by atoms with Crippen molar-refractivity contribution in [3.8, 4) is 11.5 Å². The van der Waals surface area contributed by atoms with Gasteiger partial charge in [0.1, 0.15) is 0 Å². The summed E-state index contributed by atoms with van der Waals surface area (Å²) in [6.45, 7) is 4.18. The van der Waals surface area contributed by atoms with Gasteiger partial charge in [0.2, 0.25) is 0 Å². The number of ether oxygens (including phenoxy) is 2. The number of thiophene rings is 1. The van der Waals surface area contributed by atoms with Gasteiger partial charge in [0.05, 0.1) is 18.0 Å². The second-order valence-electron chi connectivity index (χ2n) is 5.84. The van der Waals surface area contributed by atoms with Crippen molar-refractivity contribution in [1.82, 2.24) is 9.80 Å². The molecule has 2 aromatic rings. The van der Waals surface area contributed by atoms with Crippen LogP contribution in [-0.4, -0.2) is 56.1 Å². The molecule has 1 aliphatic rings. The Hall–Kier alpha value is -1.57. The van der Waals surface area contributed by atoms with Crippen molar-refractivity contribution in [2.75, 3.05) is 40.4 Å². The van der Waals surface area contributed by atoms with Gasteiger partial charge in [-0.05, 0) is 46.3 Å². The minimum Gasteiger partial charge on any atom is -0.493 e. The lowest BCUT2D eigenvalue weighted by Crippen LogP contribution is -2.48. The van der Waals surface area contributed by atoms with Crippen LogP contribution in [0.1, 0.15) is 15.2 Å². The summed E-state index contributed by atoms with van der Waals surface area (Å²) in [5, 5.41) is 0. The van der Waals surface area contributed by atoms with Crippen molar-refractivity contribution in [2.45, 2.75) is 6.54 Å². The maximum absolute atomic E-state index is 12.7. The molecule has 0 radical (unpaired) electrons. The minimum absolute atomic E-state index is 0.0412. The molecule has 1 fully saturated rings. The van der Waals surface area contributed by atoms with Crippen molar-refractivity contribution in [3.63, 3.8) is 0 Å². The van der Waals surface area contributed by atoms with E-state index in [0.29, 0.717) is 17.1 Å². The Morgan fingerprint density at radius 2 is 1.80 bits per heavy atom. The van der Waals surface area contributed by atoms with Gasteiger partial charge in [0, 0.05) is 43.2 Å². The van der Waals surface area contributed by atoms with Gasteiger partial charge in [0.15, 0.2) is 11.5 Å². The summed E-state index contributed by atoms with van der Waals surface area (Å²) in [7, 11) is 3.17. The van der Waals surface area contributed by atoms with Crippen LogP contribution in [0.2, 0.25) is 0 Å². The number of hydrogen-bond donors (Lipinski definition) is 0. The third-order valence-electron chi connectivity index (χ3n) is 4.30. The molecule has 0 saturated carbocycles. The topological polar surface area (TPSA) is 42.0 Å². The van der Waals surface area contributed by atoms with Crippen LogP contribution in [0.3, 0.4) is 0 Å². The van der Waals surface area contributed by atoms with Gasteiger partial charge < -0.3 is 14.4 Å². The van der Waals surface area contributed by atoms with Crippen LogP contribution in [-0.2, 0) is 6.54 Å². The van der Waals surface area contributed by atoms with E-state index in [4.69, 9.17) is 9.47 Å². The standard InChI is InChI=1S/C18H21BrN2O3S/c1-23-15-5-3-13(11-16(15)24-2)18(22)21-9-7-20(8-10-21)12-14-4-6-17(19)25-14/h3-6,11H,7-10,12H2,1-2H3. The fourth-order valence-corrected chi connectivity index (χ4v) is 4.44. The zero-order chi connectivity index (χ0) is 17.8. The molecule has 2 heterocycles. The average Bonchev–Trinajstić information content (AvgIpc) is 3.06. The van der Waals surface area contributed by atoms with Crippen molar-refractivity contribution in [2.24, 2.45) is 0 Å². The molecule has 0 atom stereocenters. The van der Waals surface area contributed by atoms with E-state index in [2.05, 4.69) is 33.0 Å². The molecule has 1 aromatic carbocycles. The number of benzene rings is 1. The summed E-state index contributed by atoms with van der Waals surface area (Å²) in [5.41, 5.74) is 0.633. The van der Waals surface area contributed by atoms with E-state index in [1.165, 1.54) is 4.88 Å². The van der Waals surface area contributed by atoms with Crippen LogP contribution in [0, 0.1) is 0 Å². The van der Waals surface area contributed by atoms with Crippen LogP contribution in [0.25, 0.3) is 0 Å². The van der Waals surface area contributed by atoms with E-state index < -0.39 is 0 Å². The monoisotopic (exact) mass is 424 g/mol. The largest absolute Gasteiger partial charge is 0.493 e. The SMILES string of the molecule is COc1ccc(C(=O)N2CCN(Cc3ccc(Br)s3)CC2)cc1OC. The van der Waals surface area contributed by atoms with Gasteiger partial charge in [-0.25, -0.2) is 0 Å². The van der Waals surface area contributed by atoms with Crippen LogP contribution in [0.4, 0.5) is 0 Å². The smallest absolute Gasteiger partial charge is 0.254 e. The Kier molecular flexibility index (Phi) is 5.98. The molecular formula is C18H21BrN2O3S. The number of piperazine rings is 1. The van der Waals surface area contributed by atoms with E-state index in [9.17, 15) is 4.79 Å². The highest BCUT2D eigenvalue weighted by Gasteiger charge is 2.23. The summed E-state index contributed by atoms with van der Waals surface area (Å²) < 4.78 is 11.7. The fraction of sp³-hybridized carbons (Fsp3) is 0.389. The highest BCUT2D eigenvalue weighted by atomic mass is 79.9. The molecular weight excluding hydrogens is 404 g/mol. The quantitative estimate of drug-likeness (QED) is 0.736. The highest BCUT2D eigenvalue weighted by Crippen LogP contribution is 2.28. The molecule has 0 spiro atoms. The molecule has 0 bridgehead atoms. The van der Waals surface area contributed by atoms with E-state index in [1.54, 1.807) is 43.8 Å². The molecule has 7 heteroatoms. The van der Waals surface area contributed by atoms with Gasteiger partial charge >= 0.3 is 0 Å². The van der Waals surface area contributed by atoms with Crippen molar-refractivity contribution < 1.29 is 14.3 Å². The average molecular weight is 425 g/mol. The Morgan fingerprint density at radius 1 is 1.08 bits per heavy atom. The number of methoxy groups -OCH3 is 2. The molecule has 1 amide bonds. The zero-order valence-electron chi connectivity index (χ0n) is 14.3. The normalized spacial score (nSPS) is 15.2. The third kappa shape index (κ3) is 4.34. The molecule has 1 aliphatic heterocycles. The summed E-state index contributed by atoms with van der Waals surface area (Å²) in [5.74, 6) is 1.25. The van der Waals surface area contributed by atoms with Crippen LogP contribution in [0.5, 0.6) is 11.5 Å². The minimum atomic E-state index is 0.0412. The van der Waals surface area contributed by atoms with E-state index >= 15 is 0 Å². The second-order valence-corrected chi connectivity index (χ2v) is 8.39. The van der Waals surface area contributed by atoms with Crippen molar-refractivity contribution in [1.29, 1.82) is 0 Å². The van der Waals surface area contributed by atoms with Crippen LogP contribution < -0.4 is 9.47 Å². The number of rotatable bonds is 5. The first-order valence-corrected chi connectivity index (χ1v) is 9.69. The summed E-state index contributed by atoms with van der Waals surface area (Å²) in [6, 6.07) is 9.54. The number of carbonyl (C=O) groups excluding carboxylic acids is 1. The summed E-state index contributed by atoms with van der Waals surface area (Å²) in [6.07, 6.45) is 0. The fourth-order valence-electron chi connectivity index (χ4n) is 2.92. The van der Waals surface area contributed by atoms with Crippen molar-refractivity contribution >= 4 is 33.2 Å². The highest BCUT2D eigenvalue weighted by molar-refractivity contribution is 9.11. The molecule has 0 aliphatic carbocycles. The maximum atomic E-state index is 12.7. The van der Waals surface area contributed by atoms with Crippen LogP contribution >= 0.6 is 27.3 Å². The number of nitrogens with zero attached hydrogens (tertiary/aromatic N) is 2. The third-order valence-corrected chi connectivity index (χ3v) is 5.91. The maximum Gasteiger partial charge on any atom is 0.254 e. The first-order valence-electron chi connectivity index (χ1n) is 8.08. The van der Waals surface area contributed by atoms with Crippen molar-refractivity contribution in [3.05, 3.63) is 44.6 Å². The van der Waals surface area contributed by atoms with Gasteiger partial charge in [-0.2, -0.15) is 0 Å². The molecule has 3 rings (SSSR count). The molecule has 5 nitrogen and oxygen atoms in total. The number of halogens is 1. The number of amides is 1. The molecule has 134 valence electrons. The summed E-state index contributed by atoms with van der Waals surface area (Å²) >= 11 is 5.26. The van der Waals surface area contributed by atoms with E-state index in [0.717, 1.165) is 36.5 Å². The number of carbonyl (C=O) groups is 1. The summed E-state index contributed by atoms with van der Waals surface area (Å²) in [4.78, 5) is 18.4. The lowest BCUT2D eigenvalue weighted by Gasteiger charge is -2.34. The molecule has 1 aromatic heterocycles.